The Morgan fingerprint density at radius 3 is 2.64 bits per heavy atom. The first-order chi connectivity index (χ1) is 13.7. The number of benzene rings is 1. The lowest BCUT2D eigenvalue weighted by atomic mass is 10.1. The van der Waals surface area contributed by atoms with E-state index in [0.717, 1.165) is 39.4 Å². The zero-order chi connectivity index (χ0) is 19.8. The van der Waals surface area contributed by atoms with Gasteiger partial charge >= 0.3 is 5.97 Å². The van der Waals surface area contributed by atoms with E-state index < -0.39 is 11.9 Å². The van der Waals surface area contributed by atoms with Crippen LogP contribution in [0, 0.1) is 0 Å². The number of hydrogen-bond donors (Lipinski definition) is 2. The van der Waals surface area contributed by atoms with Crippen LogP contribution in [0.1, 0.15) is 20.8 Å². The van der Waals surface area contributed by atoms with Crippen LogP contribution in [-0.4, -0.2) is 73.5 Å². The lowest BCUT2D eigenvalue weighted by Crippen LogP contribution is -2.39. The van der Waals surface area contributed by atoms with Crippen LogP contribution in [0.5, 0.6) is 0 Å². The van der Waals surface area contributed by atoms with Gasteiger partial charge in [0, 0.05) is 26.2 Å². The van der Waals surface area contributed by atoms with E-state index in [4.69, 9.17) is 9.47 Å². The van der Waals surface area contributed by atoms with Crippen LogP contribution in [0.4, 0.5) is 11.5 Å². The number of methoxy groups -OCH3 is 1. The number of ether oxygens (including phenoxy) is 2. The fraction of sp³-hybridized carbons (Fsp3) is 0.368. The maximum Gasteiger partial charge on any atom is 0.339 e. The summed E-state index contributed by atoms with van der Waals surface area (Å²) in [5.74, 6) is -0.384. The van der Waals surface area contributed by atoms with Crippen molar-refractivity contribution >= 4 is 23.4 Å². The van der Waals surface area contributed by atoms with E-state index >= 15 is 0 Å². The zero-order valence-electron chi connectivity index (χ0n) is 15.7. The average Bonchev–Trinajstić information content (AvgIpc) is 2.75. The van der Waals surface area contributed by atoms with Crippen molar-refractivity contribution < 1.29 is 19.1 Å². The van der Waals surface area contributed by atoms with Crippen LogP contribution in [0.15, 0.2) is 36.4 Å². The van der Waals surface area contributed by atoms with Crippen molar-refractivity contribution in [1.82, 2.24) is 15.1 Å². The molecule has 1 saturated heterocycles. The number of esters is 1. The number of morpholine rings is 1. The van der Waals surface area contributed by atoms with Gasteiger partial charge in [-0.05, 0) is 24.3 Å². The van der Waals surface area contributed by atoms with Gasteiger partial charge in [0.2, 0.25) is 0 Å². The highest BCUT2D eigenvalue weighted by molar-refractivity contribution is 6.07. The Morgan fingerprint density at radius 2 is 1.93 bits per heavy atom. The summed E-state index contributed by atoms with van der Waals surface area (Å²) >= 11 is 0. The molecule has 3 rings (SSSR count). The minimum atomic E-state index is -0.526. The number of nitrogens with one attached hydrogen (secondary N) is 2. The molecule has 148 valence electrons. The van der Waals surface area contributed by atoms with E-state index in [1.54, 1.807) is 36.4 Å². The first-order valence-corrected chi connectivity index (χ1v) is 9.04. The fourth-order valence-electron chi connectivity index (χ4n) is 2.78. The molecule has 1 fully saturated rings. The standard InChI is InChI=1S/C19H23N5O4/c1-27-19(26)14-4-2-3-5-15(14)21-18(25)16-6-7-17(23-22-16)20-8-9-24-10-12-28-13-11-24/h2-7H,8-13H2,1H3,(H,20,23)(H,21,25). The average molecular weight is 385 g/mol. The number of aromatic nitrogens is 2. The van der Waals surface area contributed by atoms with E-state index in [0.29, 0.717) is 11.5 Å². The Morgan fingerprint density at radius 1 is 1.14 bits per heavy atom. The highest BCUT2D eigenvalue weighted by Crippen LogP contribution is 2.17. The zero-order valence-corrected chi connectivity index (χ0v) is 15.7. The van der Waals surface area contributed by atoms with Crippen molar-refractivity contribution in [2.24, 2.45) is 0 Å². The number of rotatable bonds is 7. The Bertz CT molecular complexity index is 806. The van der Waals surface area contributed by atoms with Gasteiger partial charge in [-0.2, -0.15) is 0 Å². The molecule has 1 amide bonds. The predicted molar refractivity (Wildman–Crippen MR) is 104 cm³/mol. The molecular weight excluding hydrogens is 362 g/mol. The highest BCUT2D eigenvalue weighted by atomic mass is 16.5. The van der Waals surface area contributed by atoms with Crippen molar-refractivity contribution in [2.45, 2.75) is 0 Å². The van der Waals surface area contributed by atoms with Crippen molar-refractivity contribution in [3.63, 3.8) is 0 Å². The lowest BCUT2D eigenvalue weighted by molar-refractivity contribution is 0.0398. The maximum atomic E-state index is 12.4. The normalized spacial score (nSPS) is 14.3. The number of amides is 1. The third-order valence-corrected chi connectivity index (χ3v) is 4.32. The van der Waals surface area contributed by atoms with Gasteiger partial charge in [0.05, 0.1) is 31.6 Å². The molecule has 0 radical (unpaired) electrons. The van der Waals surface area contributed by atoms with E-state index in [1.165, 1.54) is 7.11 Å². The summed E-state index contributed by atoms with van der Waals surface area (Å²) in [6.07, 6.45) is 0. The summed E-state index contributed by atoms with van der Waals surface area (Å²) in [6, 6.07) is 9.90. The molecule has 0 spiro atoms. The van der Waals surface area contributed by atoms with Gasteiger partial charge in [-0.15, -0.1) is 10.2 Å². The molecule has 1 aromatic heterocycles. The monoisotopic (exact) mass is 385 g/mol. The van der Waals surface area contributed by atoms with Crippen LogP contribution < -0.4 is 10.6 Å². The minimum Gasteiger partial charge on any atom is -0.465 e. The summed E-state index contributed by atoms with van der Waals surface area (Å²) < 4.78 is 10.0. The number of nitrogens with zero attached hydrogens (tertiary/aromatic N) is 3. The Hall–Kier alpha value is -3.04. The molecule has 9 nitrogen and oxygen atoms in total. The van der Waals surface area contributed by atoms with Crippen LogP contribution in [0.3, 0.4) is 0 Å². The smallest absolute Gasteiger partial charge is 0.339 e. The molecule has 0 saturated carbocycles. The molecule has 0 unspecified atom stereocenters. The lowest BCUT2D eigenvalue weighted by Gasteiger charge is -2.26. The summed E-state index contributed by atoms with van der Waals surface area (Å²) in [4.78, 5) is 26.5. The number of carbonyl (C=O) groups excluding carboxylic acids is 2. The first-order valence-electron chi connectivity index (χ1n) is 9.04. The van der Waals surface area contributed by atoms with E-state index in [9.17, 15) is 9.59 Å². The largest absolute Gasteiger partial charge is 0.465 e. The van der Waals surface area contributed by atoms with Crippen molar-refractivity contribution in [3.05, 3.63) is 47.7 Å². The highest BCUT2D eigenvalue weighted by Gasteiger charge is 2.15. The summed E-state index contributed by atoms with van der Waals surface area (Å²) in [7, 11) is 1.29. The second-order valence-corrected chi connectivity index (χ2v) is 6.18. The molecule has 2 heterocycles. The Balaban J connectivity index is 1.54. The minimum absolute atomic E-state index is 0.151. The Kier molecular flexibility index (Phi) is 6.88. The molecule has 2 N–H and O–H groups in total. The summed E-state index contributed by atoms with van der Waals surface area (Å²) in [5.41, 5.74) is 0.778. The molecule has 2 aromatic rings. The van der Waals surface area contributed by atoms with Gasteiger partial charge in [-0.1, -0.05) is 12.1 Å². The quantitative estimate of drug-likeness (QED) is 0.686. The molecule has 0 aliphatic carbocycles. The molecule has 9 heteroatoms. The molecule has 0 bridgehead atoms. The van der Waals surface area contributed by atoms with Gasteiger partial charge < -0.3 is 20.1 Å². The van der Waals surface area contributed by atoms with Gasteiger partial charge in [0.1, 0.15) is 5.82 Å². The van der Waals surface area contributed by atoms with E-state index in [-0.39, 0.29) is 11.3 Å². The molecule has 0 atom stereocenters. The van der Waals surface area contributed by atoms with Crippen LogP contribution in [-0.2, 0) is 9.47 Å². The van der Waals surface area contributed by atoms with Crippen LogP contribution in [0.2, 0.25) is 0 Å². The molecule has 1 aliphatic heterocycles. The first kappa shape index (κ1) is 19.7. The van der Waals surface area contributed by atoms with Gasteiger partial charge in [0.25, 0.3) is 5.91 Å². The maximum absolute atomic E-state index is 12.4. The van der Waals surface area contributed by atoms with Gasteiger partial charge in [0.15, 0.2) is 5.69 Å². The third kappa shape index (κ3) is 5.24. The van der Waals surface area contributed by atoms with E-state index in [1.807, 2.05) is 0 Å². The number of anilines is 2. The molecule has 28 heavy (non-hydrogen) atoms. The number of hydrogen-bond acceptors (Lipinski definition) is 8. The van der Waals surface area contributed by atoms with Crippen molar-refractivity contribution in [2.75, 3.05) is 57.1 Å². The number of carbonyl (C=O) groups is 2. The van der Waals surface area contributed by atoms with Crippen molar-refractivity contribution in [3.8, 4) is 0 Å². The van der Waals surface area contributed by atoms with Gasteiger partial charge in [-0.3, -0.25) is 9.69 Å². The summed E-state index contributed by atoms with van der Waals surface area (Å²) in [6.45, 7) is 5.01. The fourth-order valence-corrected chi connectivity index (χ4v) is 2.78. The second-order valence-electron chi connectivity index (χ2n) is 6.18. The number of para-hydroxylation sites is 1. The SMILES string of the molecule is COC(=O)c1ccccc1NC(=O)c1ccc(NCCN2CCOCC2)nn1. The van der Waals surface area contributed by atoms with Crippen LogP contribution in [0.25, 0.3) is 0 Å². The van der Waals surface area contributed by atoms with E-state index in [2.05, 4.69) is 25.7 Å². The third-order valence-electron chi connectivity index (χ3n) is 4.32. The summed E-state index contributed by atoms with van der Waals surface area (Å²) in [5, 5.41) is 13.9. The topological polar surface area (TPSA) is 106 Å². The van der Waals surface area contributed by atoms with Crippen molar-refractivity contribution in [1.29, 1.82) is 0 Å². The second kappa shape index (κ2) is 9.77. The predicted octanol–water partition coefficient (Wildman–Crippen LogP) is 1.26. The Labute approximate surface area is 163 Å². The molecular formula is C19H23N5O4. The molecule has 1 aliphatic rings. The van der Waals surface area contributed by atoms with Crippen LogP contribution >= 0.6 is 0 Å². The van der Waals surface area contributed by atoms with Gasteiger partial charge in [-0.25, -0.2) is 4.79 Å². The molecule has 1 aromatic carbocycles.